The number of aromatic nitrogens is 2. The average molecular weight is 276 g/mol. The van der Waals surface area contributed by atoms with E-state index >= 15 is 0 Å². The molecule has 1 atom stereocenters. The average Bonchev–Trinajstić information content (AvgIpc) is 2.57. The highest BCUT2D eigenvalue weighted by molar-refractivity contribution is 7.99. The first-order valence-corrected chi connectivity index (χ1v) is 7.66. The summed E-state index contributed by atoms with van der Waals surface area (Å²) >= 11 is 8.20. The molecule has 0 aliphatic heterocycles. The van der Waals surface area contributed by atoms with Crippen molar-refractivity contribution >= 4 is 23.4 Å². The number of rotatable bonds is 7. The summed E-state index contributed by atoms with van der Waals surface area (Å²) < 4.78 is 1.87. The quantitative estimate of drug-likeness (QED) is 0.778. The van der Waals surface area contributed by atoms with Crippen LogP contribution in [-0.2, 0) is 19.9 Å². The molecule has 0 fully saturated rings. The maximum absolute atomic E-state index is 6.29. The zero-order chi connectivity index (χ0) is 12.8. The molecule has 0 saturated heterocycles. The van der Waals surface area contributed by atoms with Crippen molar-refractivity contribution in [2.24, 2.45) is 12.8 Å². The van der Waals surface area contributed by atoms with E-state index < -0.39 is 0 Å². The van der Waals surface area contributed by atoms with Gasteiger partial charge in [-0.1, -0.05) is 25.4 Å². The molecule has 0 aliphatic carbocycles. The van der Waals surface area contributed by atoms with Crippen LogP contribution in [0.15, 0.2) is 0 Å². The third kappa shape index (κ3) is 4.19. The Kier molecular flexibility index (Phi) is 6.38. The van der Waals surface area contributed by atoms with Crippen LogP contribution in [0.5, 0.6) is 0 Å². The zero-order valence-electron chi connectivity index (χ0n) is 10.9. The van der Waals surface area contributed by atoms with Crippen LogP contribution >= 0.6 is 23.4 Å². The predicted octanol–water partition coefficient (Wildman–Crippen LogP) is 2.65. The summed E-state index contributed by atoms with van der Waals surface area (Å²) in [6.07, 6.45) is 2.87. The minimum Gasteiger partial charge on any atom is -0.327 e. The van der Waals surface area contributed by atoms with Crippen molar-refractivity contribution in [3.05, 3.63) is 16.4 Å². The summed E-state index contributed by atoms with van der Waals surface area (Å²) in [5.41, 5.74) is 8.15. The highest BCUT2D eigenvalue weighted by Gasteiger charge is 2.15. The van der Waals surface area contributed by atoms with Crippen molar-refractivity contribution in [1.82, 2.24) is 9.78 Å². The monoisotopic (exact) mass is 275 g/mol. The highest BCUT2D eigenvalue weighted by Crippen LogP contribution is 2.22. The fourth-order valence-electron chi connectivity index (χ4n) is 1.73. The van der Waals surface area contributed by atoms with E-state index in [1.54, 1.807) is 0 Å². The fourth-order valence-corrected chi connectivity index (χ4v) is 2.97. The summed E-state index contributed by atoms with van der Waals surface area (Å²) in [5, 5.41) is 5.20. The van der Waals surface area contributed by atoms with Gasteiger partial charge in [0.05, 0.1) is 16.4 Å². The van der Waals surface area contributed by atoms with Crippen molar-refractivity contribution in [3.63, 3.8) is 0 Å². The molecule has 2 N–H and O–H groups in total. The van der Waals surface area contributed by atoms with Crippen LogP contribution in [0, 0.1) is 0 Å². The predicted molar refractivity (Wildman–Crippen MR) is 76.9 cm³/mol. The maximum atomic E-state index is 6.29. The van der Waals surface area contributed by atoms with E-state index in [9.17, 15) is 0 Å². The van der Waals surface area contributed by atoms with Gasteiger partial charge in [0.25, 0.3) is 0 Å². The Labute approximate surface area is 113 Å². The van der Waals surface area contributed by atoms with E-state index in [0.29, 0.717) is 0 Å². The molecule has 1 heterocycles. The lowest BCUT2D eigenvalue weighted by Gasteiger charge is -2.11. The van der Waals surface area contributed by atoms with Crippen LogP contribution in [0.2, 0.25) is 5.02 Å². The van der Waals surface area contributed by atoms with Gasteiger partial charge in [0.15, 0.2) is 0 Å². The smallest absolute Gasteiger partial charge is 0.0850 e. The second-order valence-electron chi connectivity index (χ2n) is 4.22. The minimum atomic E-state index is 0.157. The number of hydrogen-bond acceptors (Lipinski definition) is 3. The normalized spacial score (nSPS) is 13.0. The van der Waals surface area contributed by atoms with Gasteiger partial charge in [-0.2, -0.15) is 16.9 Å². The standard InChI is InChI=1S/C12H22ClN3S/c1-4-6-17-8-9(14)7-11-12(13)10(5-2)15-16(11)3/h9H,4-8,14H2,1-3H3. The van der Waals surface area contributed by atoms with Crippen LogP contribution in [-0.4, -0.2) is 27.3 Å². The van der Waals surface area contributed by atoms with E-state index in [1.807, 2.05) is 23.5 Å². The zero-order valence-corrected chi connectivity index (χ0v) is 12.4. The third-order valence-corrected chi connectivity index (χ3v) is 4.44. The second-order valence-corrected chi connectivity index (χ2v) is 5.75. The number of halogens is 1. The molecule has 0 saturated carbocycles. The summed E-state index contributed by atoms with van der Waals surface area (Å²) in [4.78, 5) is 0. The molecule has 17 heavy (non-hydrogen) atoms. The molecule has 98 valence electrons. The molecule has 1 aromatic rings. The van der Waals surface area contributed by atoms with E-state index in [0.717, 1.165) is 35.0 Å². The Morgan fingerprint density at radius 2 is 2.18 bits per heavy atom. The molecule has 0 radical (unpaired) electrons. The Balaban J connectivity index is 2.58. The lowest BCUT2D eigenvalue weighted by Crippen LogP contribution is -2.27. The van der Waals surface area contributed by atoms with Crippen LogP contribution in [0.4, 0.5) is 0 Å². The second kappa shape index (κ2) is 7.29. The van der Waals surface area contributed by atoms with E-state index in [2.05, 4.69) is 18.9 Å². The van der Waals surface area contributed by atoms with Crippen molar-refractivity contribution in [3.8, 4) is 0 Å². The third-order valence-electron chi connectivity index (χ3n) is 2.64. The van der Waals surface area contributed by atoms with Gasteiger partial charge in [-0.15, -0.1) is 0 Å². The minimum absolute atomic E-state index is 0.157. The highest BCUT2D eigenvalue weighted by atomic mass is 35.5. The van der Waals surface area contributed by atoms with Gasteiger partial charge < -0.3 is 5.73 Å². The number of hydrogen-bond donors (Lipinski definition) is 1. The first-order chi connectivity index (χ1) is 8.10. The summed E-state index contributed by atoms with van der Waals surface area (Å²) in [6, 6.07) is 0.157. The van der Waals surface area contributed by atoms with E-state index in [1.165, 1.54) is 12.2 Å². The summed E-state index contributed by atoms with van der Waals surface area (Å²) in [7, 11) is 1.94. The molecular formula is C12H22ClN3S. The number of aryl methyl sites for hydroxylation is 2. The van der Waals surface area contributed by atoms with Crippen molar-refractivity contribution in [2.45, 2.75) is 39.2 Å². The molecule has 0 spiro atoms. The molecule has 1 rings (SSSR count). The SMILES string of the molecule is CCCSCC(N)Cc1c(Cl)c(CC)nn1C. The number of nitrogens with two attached hydrogens (primary N) is 1. The first kappa shape index (κ1) is 14.9. The van der Waals surface area contributed by atoms with Gasteiger partial charge in [-0.05, 0) is 18.6 Å². The topological polar surface area (TPSA) is 43.8 Å². The van der Waals surface area contributed by atoms with Crippen LogP contribution in [0.1, 0.15) is 31.7 Å². The molecule has 3 nitrogen and oxygen atoms in total. The molecule has 0 bridgehead atoms. The summed E-state index contributed by atoms with van der Waals surface area (Å²) in [6.45, 7) is 4.25. The lowest BCUT2D eigenvalue weighted by atomic mass is 10.2. The first-order valence-electron chi connectivity index (χ1n) is 6.13. The molecule has 5 heteroatoms. The maximum Gasteiger partial charge on any atom is 0.0850 e. The van der Waals surface area contributed by atoms with Gasteiger partial charge in [-0.25, -0.2) is 0 Å². The van der Waals surface area contributed by atoms with Crippen LogP contribution in [0.25, 0.3) is 0 Å². The Morgan fingerprint density at radius 1 is 1.47 bits per heavy atom. The molecule has 0 aliphatic rings. The Bertz CT molecular complexity index is 352. The van der Waals surface area contributed by atoms with Crippen molar-refractivity contribution < 1.29 is 0 Å². The Hall–Kier alpha value is -0.190. The molecule has 1 unspecified atom stereocenters. The van der Waals surface area contributed by atoms with Gasteiger partial charge in [-0.3, -0.25) is 4.68 Å². The summed E-state index contributed by atoms with van der Waals surface area (Å²) in [5.74, 6) is 2.16. The molecule has 0 aromatic carbocycles. The molecule has 0 amide bonds. The Morgan fingerprint density at radius 3 is 2.71 bits per heavy atom. The number of thioether (sulfide) groups is 1. The largest absolute Gasteiger partial charge is 0.327 e. The van der Waals surface area contributed by atoms with Crippen LogP contribution < -0.4 is 5.73 Å². The van der Waals surface area contributed by atoms with Gasteiger partial charge in [0, 0.05) is 25.3 Å². The molecular weight excluding hydrogens is 254 g/mol. The van der Waals surface area contributed by atoms with Crippen LogP contribution in [0.3, 0.4) is 0 Å². The van der Waals surface area contributed by atoms with Gasteiger partial charge >= 0.3 is 0 Å². The molecule has 1 aromatic heterocycles. The van der Waals surface area contributed by atoms with Gasteiger partial charge in [0.2, 0.25) is 0 Å². The number of nitrogens with zero attached hydrogens (tertiary/aromatic N) is 2. The van der Waals surface area contributed by atoms with Crippen molar-refractivity contribution in [2.75, 3.05) is 11.5 Å². The fraction of sp³-hybridized carbons (Fsp3) is 0.750. The van der Waals surface area contributed by atoms with E-state index in [-0.39, 0.29) is 6.04 Å². The van der Waals surface area contributed by atoms with Gasteiger partial charge in [0.1, 0.15) is 0 Å². The lowest BCUT2D eigenvalue weighted by molar-refractivity contribution is 0.650. The van der Waals surface area contributed by atoms with Crippen molar-refractivity contribution in [1.29, 1.82) is 0 Å². The van der Waals surface area contributed by atoms with E-state index in [4.69, 9.17) is 17.3 Å².